The summed E-state index contributed by atoms with van der Waals surface area (Å²) in [4.78, 5) is 29.9. The molecule has 0 unspecified atom stereocenters. The number of nitrogens with one attached hydrogen (secondary N) is 2. The van der Waals surface area contributed by atoms with Crippen LogP contribution in [-0.4, -0.2) is 34.7 Å². The lowest BCUT2D eigenvalue weighted by Crippen LogP contribution is -2.30. The fourth-order valence-corrected chi connectivity index (χ4v) is 4.15. The standard InChI is InChI=1S/C24H27F2N3O2/c1-15-11-27-21(19(15)14-30)18(13-29(3)23(2)9-10-23)22(31)28-12-16-5-4-6-20-17(16)7-8-24(20,25)26/h4-6,11,13-14,27H,7-10,12H2,1-3H3,(H,28,31)/b18-13+. The summed E-state index contributed by atoms with van der Waals surface area (Å²) in [7, 11) is 1.92. The van der Waals surface area contributed by atoms with E-state index in [-0.39, 0.29) is 30.0 Å². The molecule has 2 aromatic rings. The van der Waals surface area contributed by atoms with Crippen molar-refractivity contribution >= 4 is 17.8 Å². The van der Waals surface area contributed by atoms with E-state index in [2.05, 4.69) is 17.2 Å². The van der Waals surface area contributed by atoms with E-state index < -0.39 is 5.92 Å². The number of aromatic amines is 1. The summed E-state index contributed by atoms with van der Waals surface area (Å²) in [5, 5.41) is 2.88. The number of halogens is 2. The van der Waals surface area contributed by atoms with Gasteiger partial charge >= 0.3 is 0 Å². The molecule has 2 aliphatic carbocycles. The van der Waals surface area contributed by atoms with Gasteiger partial charge in [-0.25, -0.2) is 8.78 Å². The van der Waals surface area contributed by atoms with Crippen molar-refractivity contribution in [2.75, 3.05) is 7.05 Å². The van der Waals surface area contributed by atoms with Crippen molar-refractivity contribution in [3.8, 4) is 0 Å². The van der Waals surface area contributed by atoms with E-state index >= 15 is 0 Å². The van der Waals surface area contributed by atoms with E-state index in [9.17, 15) is 18.4 Å². The van der Waals surface area contributed by atoms with Crippen LogP contribution in [-0.2, 0) is 23.7 Å². The average Bonchev–Trinajstić information content (AvgIpc) is 3.27. The maximum absolute atomic E-state index is 14.1. The second kappa shape index (κ2) is 7.62. The monoisotopic (exact) mass is 427 g/mol. The molecule has 1 heterocycles. The Morgan fingerprint density at radius 2 is 2.03 bits per heavy atom. The topological polar surface area (TPSA) is 65.2 Å². The van der Waals surface area contributed by atoms with Crippen molar-refractivity contribution < 1.29 is 18.4 Å². The Labute approximate surface area is 180 Å². The average molecular weight is 427 g/mol. The molecule has 2 N–H and O–H groups in total. The van der Waals surface area contributed by atoms with Gasteiger partial charge < -0.3 is 15.2 Å². The lowest BCUT2D eigenvalue weighted by Gasteiger charge is -2.24. The van der Waals surface area contributed by atoms with Crippen LogP contribution in [0.15, 0.2) is 30.6 Å². The van der Waals surface area contributed by atoms with Gasteiger partial charge in [0.25, 0.3) is 11.8 Å². The number of aryl methyl sites for hydroxylation is 1. The highest BCUT2D eigenvalue weighted by Crippen LogP contribution is 2.43. The van der Waals surface area contributed by atoms with E-state index in [1.165, 1.54) is 6.07 Å². The van der Waals surface area contributed by atoms with Gasteiger partial charge in [0.15, 0.2) is 6.29 Å². The number of rotatable bonds is 7. The zero-order valence-electron chi connectivity index (χ0n) is 18.0. The Hall–Kier alpha value is -2.96. The quantitative estimate of drug-likeness (QED) is 0.511. The molecular weight excluding hydrogens is 400 g/mol. The van der Waals surface area contributed by atoms with E-state index in [0.717, 1.165) is 24.7 Å². The molecule has 2 aliphatic rings. The summed E-state index contributed by atoms with van der Waals surface area (Å²) >= 11 is 0. The highest BCUT2D eigenvalue weighted by atomic mass is 19.3. The first-order chi connectivity index (χ1) is 14.7. The first-order valence-electron chi connectivity index (χ1n) is 10.5. The number of fused-ring (bicyclic) bond motifs is 1. The number of carbonyl (C=O) groups is 2. The largest absolute Gasteiger partial charge is 0.374 e. The molecule has 7 heteroatoms. The van der Waals surface area contributed by atoms with Gasteiger partial charge in [0.1, 0.15) is 0 Å². The van der Waals surface area contributed by atoms with Gasteiger partial charge in [0.2, 0.25) is 0 Å². The Bertz CT molecular complexity index is 1070. The van der Waals surface area contributed by atoms with E-state index in [1.807, 2.05) is 11.9 Å². The van der Waals surface area contributed by atoms with Gasteiger partial charge in [0.05, 0.1) is 11.3 Å². The molecule has 1 aromatic heterocycles. The molecule has 4 rings (SSSR count). The molecule has 0 saturated heterocycles. The minimum atomic E-state index is -2.82. The maximum Gasteiger partial charge on any atom is 0.273 e. The van der Waals surface area contributed by atoms with Crippen LogP contribution in [0.25, 0.3) is 5.57 Å². The molecule has 0 atom stereocenters. The zero-order chi connectivity index (χ0) is 22.4. The third-order valence-corrected chi connectivity index (χ3v) is 6.70. The molecular formula is C24H27F2N3O2. The number of benzene rings is 1. The zero-order valence-corrected chi connectivity index (χ0v) is 18.0. The SMILES string of the molecule is Cc1c[nH]c(/C(=C\N(C)C2(C)CC2)C(=O)NCc2cccc3c2CCC3(F)F)c1C=O. The van der Waals surface area contributed by atoms with Crippen LogP contribution in [0, 0.1) is 6.92 Å². The van der Waals surface area contributed by atoms with Gasteiger partial charge in [-0.2, -0.15) is 0 Å². The van der Waals surface area contributed by atoms with Crippen LogP contribution in [0.2, 0.25) is 0 Å². The van der Waals surface area contributed by atoms with Crippen molar-refractivity contribution in [2.45, 2.75) is 57.5 Å². The molecule has 164 valence electrons. The van der Waals surface area contributed by atoms with E-state index in [1.54, 1.807) is 31.5 Å². The van der Waals surface area contributed by atoms with E-state index in [0.29, 0.717) is 34.4 Å². The number of alkyl halides is 2. The molecule has 1 saturated carbocycles. The Kier molecular flexibility index (Phi) is 5.23. The van der Waals surface area contributed by atoms with E-state index in [4.69, 9.17) is 0 Å². The van der Waals surface area contributed by atoms with Gasteiger partial charge in [0, 0.05) is 49.1 Å². The van der Waals surface area contributed by atoms with Crippen molar-refractivity contribution in [1.82, 2.24) is 15.2 Å². The van der Waals surface area contributed by atoms with Gasteiger partial charge in [-0.3, -0.25) is 9.59 Å². The fraction of sp³-hybridized carbons (Fsp3) is 0.417. The number of carbonyl (C=O) groups excluding carboxylic acids is 2. The highest BCUT2D eigenvalue weighted by Gasteiger charge is 2.41. The molecule has 1 fully saturated rings. The highest BCUT2D eigenvalue weighted by molar-refractivity contribution is 6.20. The number of aldehydes is 1. The Morgan fingerprint density at radius 3 is 2.71 bits per heavy atom. The van der Waals surface area contributed by atoms with Crippen LogP contribution >= 0.6 is 0 Å². The third kappa shape index (κ3) is 3.89. The van der Waals surface area contributed by atoms with Gasteiger partial charge in [-0.1, -0.05) is 18.2 Å². The fourth-order valence-electron chi connectivity index (χ4n) is 4.15. The van der Waals surface area contributed by atoms with Crippen LogP contribution in [0.5, 0.6) is 0 Å². The van der Waals surface area contributed by atoms with Gasteiger partial charge in [-0.05, 0) is 49.8 Å². The second-order valence-corrected chi connectivity index (χ2v) is 8.86. The normalized spacial score (nSPS) is 18.4. The van der Waals surface area contributed by atoms with Crippen LogP contribution < -0.4 is 5.32 Å². The Balaban J connectivity index is 1.61. The minimum Gasteiger partial charge on any atom is -0.374 e. The number of H-pyrrole nitrogens is 1. The number of hydrogen-bond donors (Lipinski definition) is 2. The molecule has 0 aliphatic heterocycles. The first-order valence-corrected chi connectivity index (χ1v) is 10.5. The third-order valence-electron chi connectivity index (χ3n) is 6.70. The predicted molar refractivity (Wildman–Crippen MR) is 115 cm³/mol. The maximum atomic E-state index is 14.1. The number of nitrogens with zero attached hydrogens (tertiary/aromatic N) is 1. The van der Waals surface area contributed by atoms with Crippen molar-refractivity contribution in [3.63, 3.8) is 0 Å². The van der Waals surface area contributed by atoms with Crippen LogP contribution in [0.1, 0.15) is 64.5 Å². The minimum absolute atomic E-state index is 0.000343. The number of aromatic nitrogens is 1. The number of amides is 1. The van der Waals surface area contributed by atoms with Crippen LogP contribution in [0.4, 0.5) is 8.78 Å². The van der Waals surface area contributed by atoms with Crippen LogP contribution in [0.3, 0.4) is 0 Å². The summed E-state index contributed by atoms with van der Waals surface area (Å²) < 4.78 is 28.1. The molecule has 0 spiro atoms. The molecule has 31 heavy (non-hydrogen) atoms. The number of hydrogen-bond acceptors (Lipinski definition) is 3. The predicted octanol–water partition coefficient (Wildman–Crippen LogP) is 4.32. The lowest BCUT2D eigenvalue weighted by atomic mass is 10.0. The van der Waals surface area contributed by atoms with Crippen molar-refractivity contribution in [2.24, 2.45) is 0 Å². The summed E-state index contributed by atoms with van der Waals surface area (Å²) in [5.41, 5.74) is 3.38. The second-order valence-electron chi connectivity index (χ2n) is 8.86. The van der Waals surface area contributed by atoms with Crippen molar-refractivity contribution in [3.05, 3.63) is 64.1 Å². The van der Waals surface area contributed by atoms with Crippen molar-refractivity contribution in [1.29, 1.82) is 0 Å². The first kappa shape index (κ1) is 21.3. The smallest absolute Gasteiger partial charge is 0.273 e. The summed E-state index contributed by atoms with van der Waals surface area (Å²) in [6.45, 7) is 4.07. The molecule has 0 bridgehead atoms. The summed E-state index contributed by atoms with van der Waals surface area (Å²) in [6.07, 6.45) is 6.37. The Morgan fingerprint density at radius 1 is 1.29 bits per heavy atom. The molecule has 1 aromatic carbocycles. The summed E-state index contributed by atoms with van der Waals surface area (Å²) in [6, 6.07) is 4.84. The molecule has 5 nitrogen and oxygen atoms in total. The van der Waals surface area contributed by atoms with Gasteiger partial charge in [-0.15, -0.1) is 0 Å². The molecule has 1 amide bonds. The molecule has 0 radical (unpaired) electrons. The summed E-state index contributed by atoms with van der Waals surface area (Å²) in [5.74, 6) is -3.17. The lowest BCUT2D eigenvalue weighted by molar-refractivity contribution is -0.115.